The fourth-order valence-electron chi connectivity index (χ4n) is 5.78. The highest BCUT2D eigenvalue weighted by Crippen LogP contribution is 2.28. The molecular weight excluding hydrogens is 548 g/mol. The van der Waals surface area contributed by atoms with E-state index in [4.69, 9.17) is 0 Å². The lowest BCUT2D eigenvalue weighted by atomic mass is 10.0. The van der Waals surface area contributed by atoms with E-state index in [1.54, 1.807) is 13.8 Å². The molecule has 0 saturated heterocycles. The van der Waals surface area contributed by atoms with E-state index >= 15 is 0 Å². The first-order valence-corrected chi connectivity index (χ1v) is 14.5. The average Bonchev–Trinajstić information content (AvgIpc) is 3.59. The van der Waals surface area contributed by atoms with Gasteiger partial charge in [-0.15, -0.1) is 0 Å². The third-order valence-electron chi connectivity index (χ3n) is 8.32. The molecule has 2 amide bonds. The van der Waals surface area contributed by atoms with Crippen molar-refractivity contribution in [2.24, 2.45) is 4.99 Å². The van der Waals surface area contributed by atoms with Crippen LogP contribution < -0.4 is 16.0 Å². The second-order valence-electron chi connectivity index (χ2n) is 10.9. The number of carbonyl (C=O) groups is 4. The molecule has 5 N–H and O–H groups in total. The van der Waals surface area contributed by atoms with E-state index in [-0.39, 0.29) is 24.7 Å². The molecule has 0 saturated carbocycles. The topological polar surface area (TPSA) is 165 Å². The second kappa shape index (κ2) is 12.6. The lowest BCUT2D eigenvalue weighted by Gasteiger charge is -2.05. The molecular formula is C33H38N4O6. The van der Waals surface area contributed by atoms with Gasteiger partial charge in [0.1, 0.15) is 0 Å². The summed E-state index contributed by atoms with van der Waals surface area (Å²) in [7, 11) is 0. The Hall–Kier alpha value is -4.73. The minimum absolute atomic E-state index is 0.0519. The van der Waals surface area contributed by atoms with Crippen LogP contribution in [0, 0.1) is 13.8 Å². The Balaban J connectivity index is 1.89. The molecule has 2 aromatic rings. The van der Waals surface area contributed by atoms with Crippen LogP contribution in [0.25, 0.3) is 18.2 Å². The highest BCUT2D eigenvalue weighted by Gasteiger charge is 2.24. The molecule has 0 unspecified atom stereocenters. The van der Waals surface area contributed by atoms with Crippen LogP contribution in [0.3, 0.4) is 0 Å². The van der Waals surface area contributed by atoms with Gasteiger partial charge in [-0.25, -0.2) is 4.99 Å². The molecule has 0 atom stereocenters. The van der Waals surface area contributed by atoms with Crippen molar-refractivity contribution >= 4 is 47.7 Å². The van der Waals surface area contributed by atoms with Crippen LogP contribution in [0.1, 0.15) is 87.0 Å². The zero-order valence-electron chi connectivity index (χ0n) is 25.4. The Morgan fingerprint density at radius 3 is 1.98 bits per heavy atom. The zero-order valence-corrected chi connectivity index (χ0v) is 25.4. The van der Waals surface area contributed by atoms with Crippen LogP contribution in [-0.2, 0) is 32.0 Å². The number of carboxylic acids is 2. The van der Waals surface area contributed by atoms with E-state index in [9.17, 15) is 29.4 Å². The fraction of sp³-hybridized carbons (Fsp3) is 0.364. The van der Waals surface area contributed by atoms with Gasteiger partial charge in [-0.05, 0) is 105 Å². The van der Waals surface area contributed by atoms with Crippen molar-refractivity contribution in [3.8, 4) is 0 Å². The Labute approximate surface area is 249 Å². The monoisotopic (exact) mass is 586 g/mol. The molecule has 2 aromatic heterocycles. The van der Waals surface area contributed by atoms with E-state index in [1.807, 2.05) is 45.9 Å². The maximum absolute atomic E-state index is 12.3. The van der Waals surface area contributed by atoms with Gasteiger partial charge in [0.25, 0.3) is 11.8 Å². The summed E-state index contributed by atoms with van der Waals surface area (Å²) in [4.78, 5) is 58.6. The summed E-state index contributed by atoms with van der Waals surface area (Å²) >= 11 is 0. The largest absolute Gasteiger partial charge is 0.481 e. The summed E-state index contributed by atoms with van der Waals surface area (Å²) in [5.41, 5.74) is 9.21. The second-order valence-corrected chi connectivity index (χ2v) is 10.9. The average molecular weight is 587 g/mol. The van der Waals surface area contributed by atoms with Crippen LogP contribution in [0.2, 0.25) is 0 Å². The van der Waals surface area contributed by atoms with Gasteiger partial charge in [-0.3, -0.25) is 19.2 Å². The molecule has 0 fully saturated rings. The van der Waals surface area contributed by atoms with Gasteiger partial charge in [-0.2, -0.15) is 0 Å². The van der Waals surface area contributed by atoms with Crippen molar-refractivity contribution in [1.82, 2.24) is 15.3 Å². The van der Waals surface area contributed by atoms with Crippen molar-refractivity contribution in [2.45, 2.75) is 80.1 Å². The van der Waals surface area contributed by atoms with Gasteiger partial charge < -0.3 is 25.5 Å². The van der Waals surface area contributed by atoms with Gasteiger partial charge in [0.05, 0.1) is 5.71 Å². The number of aromatic amines is 2. The standard InChI is InChI=1S/C33H38N4O6/c1-7-20-18(5)32(42)36-26(20)14-28-22(9-11-30(38)39)16(3)24(34-28)13-25-17(4)23(10-12-31(40)41)29(35-25)15-27-21(8-2)19(6)33(43)37-27/h13-15,34-35H,7-12H2,1-6H3,(H,36,42)(H,38,39)(H,40,41). The van der Waals surface area contributed by atoms with E-state index in [0.29, 0.717) is 53.6 Å². The van der Waals surface area contributed by atoms with Gasteiger partial charge >= 0.3 is 11.9 Å². The normalized spacial score (nSPS) is 17.2. The molecule has 0 spiro atoms. The van der Waals surface area contributed by atoms with Gasteiger partial charge in [0, 0.05) is 51.8 Å². The van der Waals surface area contributed by atoms with Crippen molar-refractivity contribution in [1.29, 1.82) is 0 Å². The summed E-state index contributed by atoms with van der Waals surface area (Å²) in [6.07, 6.45) is 7.40. The van der Waals surface area contributed by atoms with Crippen LogP contribution in [0.5, 0.6) is 0 Å². The number of aromatic nitrogens is 2. The summed E-state index contributed by atoms with van der Waals surface area (Å²) in [5.74, 6) is -2.23. The Morgan fingerprint density at radius 2 is 1.37 bits per heavy atom. The quantitative estimate of drug-likeness (QED) is 0.270. The number of allylic oxidation sites excluding steroid dienone is 2. The smallest absolute Gasteiger partial charge is 0.303 e. The van der Waals surface area contributed by atoms with Crippen LogP contribution in [0.4, 0.5) is 0 Å². The molecule has 0 bridgehead atoms. The predicted octanol–water partition coefficient (Wildman–Crippen LogP) is 3.51. The molecule has 43 heavy (non-hydrogen) atoms. The first-order valence-electron chi connectivity index (χ1n) is 14.5. The Morgan fingerprint density at radius 1 is 0.744 bits per heavy atom. The number of aliphatic carboxylic acids is 2. The van der Waals surface area contributed by atoms with Crippen LogP contribution >= 0.6 is 0 Å². The third kappa shape index (κ3) is 6.38. The number of H-pyrrole nitrogens is 2. The molecule has 10 heteroatoms. The number of carboxylic acid groups (broad SMARTS) is 2. The van der Waals surface area contributed by atoms with Crippen LogP contribution in [-0.4, -0.2) is 49.6 Å². The van der Waals surface area contributed by atoms with Crippen molar-refractivity contribution in [3.63, 3.8) is 0 Å². The molecule has 10 nitrogen and oxygen atoms in total. The fourth-order valence-corrected chi connectivity index (χ4v) is 5.78. The number of aliphatic imine (C=N–C) groups is 1. The first kappa shape index (κ1) is 31.2. The molecule has 4 rings (SSSR count). The minimum Gasteiger partial charge on any atom is -0.481 e. The molecule has 0 radical (unpaired) electrons. The highest BCUT2D eigenvalue weighted by atomic mass is 16.4. The number of amides is 2. The van der Waals surface area contributed by atoms with Gasteiger partial charge in [0.15, 0.2) is 0 Å². The molecule has 0 aliphatic carbocycles. The molecule has 2 aliphatic heterocycles. The zero-order chi connectivity index (χ0) is 31.6. The molecule has 0 aromatic carbocycles. The number of hydrogen-bond acceptors (Lipinski definition) is 4. The number of nitrogens with one attached hydrogen (secondary N) is 3. The lowest BCUT2D eigenvalue weighted by molar-refractivity contribution is -0.138. The first-order chi connectivity index (χ1) is 20.4. The number of carbonyl (C=O) groups excluding carboxylic acids is 2. The number of hydrogen-bond donors (Lipinski definition) is 5. The summed E-state index contributed by atoms with van der Waals surface area (Å²) < 4.78 is 0. The maximum atomic E-state index is 12.3. The van der Waals surface area contributed by atoms with Crippen molar-refractivity contribution in [3.05, 3.63) is 72.3 Å². The summed E-state index contributed by atoms with van der Waals surface area (Å²) in [6.45, 7) is 11.3. The molecule has 2 aliphatic rings. The van der Waals surface area contributed by atoms with Gasteiger partial charge in [-0.1, -0.05) is 13.8 Å². The van der Waals surface area contributed by atoms with E-state index in [1.165, 1.54) is 0 Å². The molecule has 4 heterocycles. The van der Waals surface area contributed by atoms with E-state index in [2.05, 4.69) is 20.3 Å². The Kier molecular flexibility index (Phi) is 9.18. The number of nitrogens with zero attached hydrogens (tertiary/aromatic N) is 1. The summed E-state index contributed by atoms with van der Waals surface area (Å²) in [6, 6.07) is 0. The summed E-state index contributed by atoms with van der Waals surface area (Å²) in [5, 5.41) is 23.2. The predicted molar refractivity (Wildman–Crippen MR) is 165 cm³/mol. The Bertz CT molecular complexity index is 1790. The number of rotatable bonds is 11. The molecule has 226 valence electrons. The van der Waals surface area contributed by atoms with E-state index < -0.39 is 11.9 Å². The van der Waals surface area contributed by atoms with Crippen LogP contribution in [0.15, 0.2) is 33.0 Å². The van der Waals surface area contributed by atoms with E-state index in [0.717, 1.165) is 50.1 Å². The third-order valence-corrected chi connectivity index (χ3v) is 8.32. The van der Waals surface area contributed by atoms with Gasteiger partial charge in [0.2, 0.25) is 0 Å². The SMILES string of the molecule is CCC1=C(C)C(=O)NC1=Cc1[nH]c(C=c2[nH]c(=CC3=NC(=O)C(C)=C3CC)c(CCC(=O)O)c2C)c(C)c1CCC(=O)O. The minimum atomic E-state index is -0.911. The van der Waals surface area contributed by atoms with Crippen molar-refractivity contribution < 1.29 is 29.4 Å². The highest BCUT2D eigenvalue weighted by molar-refractivity contribution is 6.30. The maximum Gasteiger partial charge on any atom is 0.303 e. The lowest BCUT2D eigenvalue weighted by Crippen LogP contribution is -2.15. The van der Waals surface area contributed by atoms with Crippen molar-refractivity contribution in [2.75, 3.05) is 0 Å².